The van der Waals surface area contributed by atoms with Crippen molar-refractivity contribution in [3.05, 3.63) is 28.5 Å². The number of hydrogen-bond acceptors (Lipinski definition) is 3. The molecule has 5 heteroatoms. The van der Waals surface area contributed by atoms with Crippen LogP contribution in [0.4, 0.5) is 0 Å². The van der Waals surface area contributed by atoms with Gasteiger partial charge in [-0.1, -0.05) is 6.07 Å². The molecule has 1 aromatic heterocycles. The largest absolute Gasteiger partial charge is 0.480 e. The highest BCUT2D eigenvalue weighted by molar-refractivity contribution is 9.10. The Morgan fingerprint density at radius 1 is 1.69 bits per heavy atom. The lowest BCUT2D eigenvalue weighted by molar-refractivity contribution is -0.143. The molecule has 0 amide bonds. The number of nitrogens with zero attached hydrogens (tertiary/aromatic N) is 1. The molecule has 0 spiro atoms. The monoisotopic (exact) mass is 244 g/mol. The number of carboxylic acids is 1. The Kier molecular flexibility index (Phi) is 2.68. The normalized spacial score (nSPS) is 15.0. The highest BCUT2D eigenvalue weighted by Gasteiger charge is 2.30. The maximum Gasteiger partial charge on any atom is 0.328 e. The fraction of sp³-hybridized carbons (Fsp3) is 0.250. The Morgan fingerprint density at radius 3 is 2.69 bits per heavy atom. The summed E-state index contributed by atoms with van der Waals surface area (Å²) in [5.74, 6) is -1.07. The fourth-order valence-electron chi connectivity index (χ4n) is 0.806. The van der Waals surface area contributed by atoms with Gasteiger partial charge in [0.05, 0.1) is 0 Å². The molecule has 0 saturated heterocycles. The Labute approximate surface area is 83.9 Å². The first-order valence-electron chi connectivity index (χ1n) is 3.59. The molecule has 0 saturated carbocycles. The summed E-state index contributed by atoms with van der Waals surface area (Å²) in [4.78, 5) is 14.6. The SMILES string of the molecule is C[C@](N)(C(=O)O)c1ccc(Br)nc1. The number of rotatable bonds is 2. The van der Waals surface area contributed by atoms with E-state index >= 15 is 0 Å². The second-order valence-electron chi connectivity index (χ2n) is 2.88. The van der Waals surface area contributed by atoms with Gasteiger partial charge in [0.2, 0.25) is 0 Å². The van der Waals surface area contributed by atoms with Gasteiger partial charge in [-0.3, -0.25) is 0 Å². The Bertz CT molecular complexity index is 321. The first kappa shape index (κ1) is 10.1. The molecular weight excluding hydrogens is 236 g/mol. The van der Waals surface area contributed by atoms with Gasteiger partial charge in [0.25, 0.3) is 0 Å². The van der Waals surface area contributed by atoms with Gasteiger partial charge in [0.15, 0.2) is 0 Å². The van der Waals surface area contributed by atoms with Crippen molar-refractivity contribution < 1.29 is 9.90 Å². The number of nitrogens with two attached hydrogens (primary N) is 1. The summed E-state index contributed by atoms with van der Waals surface area (Å²) >= 11 is 3.15. The Morgan fingerprint density at radius 2 is 2.31 bits per heavy atom. The van der Waals surface area contributed by atoms with Crippen molar-refractivity contribution in [1.29, 1.82) is 0 Å². The molecule has 1 rings (SSSR count). The standard InChI is InChI=1S/C8H9BrN2O2/c1-8(10,7(12)13)5-2-3-6(9)11-4-5/h2-4H,10H2,1H3,(H,12,13)/t8-/m1/s1. The van der Waals surface area contributed by atoms with E-state index < -0.39 is 11.5 Å². The van der Waals surface area contributed by atoms with Crippen LogP contribution >= 0.6 is 15.9 Å². The average molecular weight is 245 g/mol. The summed E-state index contributed by atoms with van der Waals surface area (Å²) in [6, 6.07) is 3.29. The summed E-state index contributed by atoms with van der Waals surface area (Å²) < 4.78 is 0.650. The zero-order valence-electron chi connectivity index (χ0n) is 6.99. The molecule has 0 unspecified atom stereocenters. The number of pyridine rings is 1. The Balaban J connectivity index is 3.08. The third kappa shape index (κ3) is 2.05. The zero-order valence-corrected chi connectivity index (χ0v) is 8.58. The lowest BCUT2D eigenvalue weighted by Gasteiger charge is -2.18. The number of aliphatic carboxylic acids is 1. The van der Waals surface area contributed by atoms with Gasteiger partial charge < -0.3 is 10.8 Å². The van der Waals surface area contributed by atoms with E-state index in [0.717, 1.165) is 0 Å². The van der Waals surface area contributed by atoms with Crippen LogP contribution in [0, 0.1) is 0 Å². The summed E-state index contributed by atoms with van der Waals surface area (Å²) in [5.41, 5.74) is 4.67. The van der Waals surface area contributed by atoms with Crippen molar-refractivity contribution in [3.8, 4) is 0 Å². The van der Waals surface area contributed by atoms with E-state index in [4.69, 9.17) is 10.8 Å². The average Bonchev–Trinajstić information content (AvgIpc) is 2.04. The third-order valence-electron chi connectivity index (χ3n) is 1.77. The van der Waals surface area contributed by atoms with Crippen molar-refractivity contribution in [2.24, 2.45) is 5.73 Å². The number of hydrogen-bond donors (Lipinski definition) is 2. The minimum atomic E-state index is -1.38. The van der Waals surface area contributed by atoms with E-state index in [2.05, 4.69) is 20.9 Å². The van der Waals surface area contributed by atoms with Crippen LogP contribution in [0.3, 0.4) is 0 Å². The molecule has 0 aliphatic heterocycles. The van der Waals surface area contributed by atoms with E-state index in [1.54, 1.807) is 12.1 Å². The molecule has 0 aliphatic rings. The van der Waals surface area contributed by atoms with Crippen LogP contribution in [0.1, 0.15) is 12.5 Å². The van der Waals surface area contributed by atoms with Crippen LogP contribution in [0.25, 0.3) is 0 Å². The van der Waals surface area contributed by atoms with E-state index in [9.17, 15) is 4.79 Å². The predicted octanol–water partition coefficient (Wildman–Crippen LogP) is 1.10. The minimum absolute atomic E-state index is 0.475. The second-order valence-corrected chi connectivity index (χ2v) is 3.69. The molecule has 70 valence electrons. The zero-order chi connectivity index (χ0) is 10.1. The molecule has 0 aromatic carbocycles. The van der Waals surface area contributed by atoms with Gasteiger partial charge in [-0.05, 0) is 28.9 Å². The maximum absolute atomic E-state index is 10.7. The van der Waals surface area contributed by atoms with Gasteiger partial charge in [-0.15, -0.1) is 0 Å². The van der Waals surface area contributed by atoms with Gasteiger partial charge in [-0.25, -0.2) is 9.78 Å². The summed E-state index contributed by atoms with van der Waals surface area (Å²) in [6.45, 7) is 1.43. The molecule has 1 atom stereocenters. The van der Waals surface area contributed by atoms with Crippen molar-refractivity contribution in [3.63, 3.8) is 0 Å². The van der Waals surface area contributed by atoms with Gasteiger partial charge >= 0.3 is 5.97 Å². The molecule has 1 aromatic rings. The molecule has 3 N–H and O–H groups in total. The quantitative estimate of drug-likeness (QED) is 0.765. The number of aromatic nitrogens is 1. The molecular formula is C8H9BrN2O2. The molecule has 0 fully saturated rings. The van der Waals surface area contributed by atoms with Crippen LogP contribution in [-0.2, 0) is 10.3 Å². The number of halogens is 1. The molecule has 0 radical (unpaired) electrons. The minimum Gasteiger partial charge on any atom is -0.480 e. The fourth-order valence-corrected chi connectivity index (χ4v) is 1.04. The predicted molar refractivity (Wildman–Crippen MR) is 51.1 cm³/mol. The van der Waals surface area contributed by atoms with Gasteiger partial charge in [0, 0.05) is 11.8 Å². The maximum atomic E-state index is 10.7. The highest BCUT2D eigenvalue weighted by atomic mass is 79.9. The number of carbonyl (C=O) groups is 1. The number of carboxylic acid groups (broad SMARTS) is 1. The van der Waals surface area contributed by atoms with E-state index in [1.807, 2.05) is 0 Å². The molecule has 0 bridgehead atoms. The lowest BCUT2D eigenvalue weighted by Crippen LogP contribution is -2.41. The van der Waals surface area contributed by atoms with E-state index in [1.165, 1.54) is 13.1 Å². The van der Waals surface area contributed by atoms with Crippen molar-refractivity contribution in [2.75, 3.05) is 0 Å². The lowest BCUT2D eigenvalue weighted by atomic mass is 9.95. The smallest absolute Gasteiger partial charge is 0.328 e. The molecule has 13 heavy (non-hydrogen) atoms. The first-order chi connectivity index (χ1) is 5.94. The van der Waals surface area contributed by atoms with Crippen LogP contribution in [0.5, 0.6) is 0 Å². The second kappa shape index (κ2) is 3.43. The summed E-state index contributed by atoms with van der Waals surface area (Å²) in [6.07, 6.45) is 1.44. The third-order valence-corrected chi connectivity index (χ3v) is 2.24. The van der Waals surface area contributed by atoms with Gasteiger partial charge in [0.1, 0.15) is 10.1 Å². The summed E-state index contributed by atoms with van der Waals surface area (Å²) in [5, 5.41) is 8.80. The van der Waals surface area contributed by atoms with Crippen molar-refractivity contribution >= 4 is 21.9 Å². The van der Waals surface area contributed by atoms with Crippen LogP contribution < -0.4 is 5.73 Å². The summed E-state index contributed by atoms with van der Waals surface area (Å²) in [7, 11) is 0. The topological polar surface area (TPSA) is 76.2 Å². The van der Waals surface area contributed by atoms with Crippen molar-refractivity contribution in [1.82, 2.24) is 4.98 Å². The van der Waals surface area contributed by atoms with E-state index in [-0.39, 0.29) is 0 Å². The van der Waals surface area contributed by atoms with Gasteiger partial charge in [-0.2, -0.15) is 0 Å². The first-order valence-corrected chi connectivity index (χ1v) is 4.38. The van der Waals surface area contributed by atoms with Crippen LogP contribution in [-0.4, -0.2) is 16.1 Å². The molecule has 0 aliphatic carbocycles. The Hall–Kier alpha value is -0.940. The van der Waals surface area contributed by atoms with Crippen LogP contribution in [0.2, 0.25) is 0 Å². The van der Waals surface area contributed by atoms with E-state index in [0.29, 0.717) is 10.2 Å². The van der Waals surface area contributed by atoms with Crippen LogP contribution in [0.15, 0.2) is 22.9 Å². The molecule has 1 heterocycles. The van der Waals surface area contributed by atoms with Crippen molar-refractivity contribution in [2.45, 2.75) is 12.5 Å². The highest BCUT2D eigenvalue weighted by Crippen LogP contribution is 2.18. The molecule has 4 nitrogen and oxygen atoms in total.